The second-order valence-corrected chi connectivity index (χ2v) is 13.3. The molecule has 2 atom stereocenters. The van der Waals surface area contributed by atoms with Crippen LogP contribution in [0.2, 0.25) is 0 Å². The maximum absolute atomic E-state index is 12.4. The average molecular weight is 612 g/mol. The number of aliphatic hydroxyl groups is 1. The largest absolute Gasteiger partial charge is 0.387 e. The molecule has 0 rings (SSSR count). The van der Waals surface area contributed by atoms with Crippen molar-refractivity contribution in [3.63, 3.8) is 0 Å². The van der Waals surface area contributed by atoms with Gasteiger partial charge in [0.15, 0.2) is 0 Å². The Kier molecular flexibility index (Phi) is 28.6. The minimum absolute atomic E-state index is 0.283. The van der Waals surface area contributed by atoms with Gasteiger partial charge in [-0.2, -0.15) is 8.42 Å². The first-order valence-corrected chi connectivity index (χ1v) is 18.8. The molecular formula is C35H65NO5S. The van der Waals surface area contributed by atoms with Gasteiger partial charge in [0.25, 0.3) is 10.1 Å². The molecule has 0 aliphatic heterocycles. The smallest absolute Gasteiger partial charge is 0.267 e. The van der Waals surface area contributed by atoms with E-state index in [1.807, 2.05) is 0 Å². The summed E-state index contributed by atoms with van der Waals surface area (Å²) < 4.78 is 32.2. The fourth-order valence-corrected chi connectivity index (χ4v) is 5.66. The molecule has 7 heteroatoms. The first kappa shape index (κ1) is 40.6. The Hall–Kier alpha value is -1.44. The van der Waals surface area contributed by atoms with Crippen molar-refractivity contribution in [2.75, 3.05) is 5.75 Å². The van der Waals surface area contributed by atoms with E-state index in [0.29, 0.717) is 6.42 Å². The molecule has 0 bridgehead atoms. The SMILES string of the molecule is CCCCC/C=C/CC/C=C/C(O)C(CS(=O)(=O)O)NC(=O)CCCCCCCCC/C=C\CCCCCCCCC. The number of hydrogen-bond donors (Lipinski definition) is 3. The summed E-state index contributed by atoms with van der Waals surface area (Å²) in [4.78, 5) is 12.4. The maximum Gasteiger partial charge on any atom is 0.267 e. The van der Waals surface area contributed by atoms with Gasteiger partial charge in [0.2, 0.25) is 5.91 Å². The van der Waals surface area contributed by atoms with Gasteiger partial charge in [-0.1, -0.05) is 134 Å². The number of aliphatic hydroxyl groups excluding tert-OH is 1. The van der Waals surface area contributed by atoms with Gasteiger partial charge < -0.3 is 10.4 Å². The van der Waals surface area contributed by atoms with Crippen LogP contribution in [0.1, 0.15) is 162 Å². The highest BCUT2D eigenvalue weighted by molar-refractivity contribution is 7.85. The lowest BCUT2D eigenvalue weighted by atomic mass is 10.1. The van der Waals surface area contributed by atoms with E-state index in [-0.39, 0.29) is 12.3 Å². The third-order valence-electron chi connectivity index (χ3n) is 7.54. The number of hydrogen-bond acceptors (Lipinski definition) is 4. The molecule has 1 amide bonds. The molecule has 42 heavy (non-hydrogen) atoms. The van der Waals surface area contributed by atoms with Gasteiger partial charge in [-0.15, -0.1) is 0 Å². The van der Waals surface area contributed by atoms with Crippen LogP contribution >= 0.6 is 0 Å². The van der Waals surface area contributed by atoms with Gasteiger partial charge in [-0.05, 0) is 57.8 Å². The Morgan fingerprint density at radius 1 is 0.619 bits per heavy atom. The molecule has 0 aromatic carbocycles. The van der Waals surface area contributed by atoms with Crippen LogP contribution in [0.15, 0.2) is 36.5 Å². The third kappa shape index (κ3) is 30.0. The summed E-state index contributed by atoms with van der Waals surface area (Å²) in [6.45, 7) is 4.44. The molecule has 0 saturated carbocycles. The van der Waals surface area contributed by atoms with Crippen LogP contribution in [0.5, 0.6) is 0 Å². The Labute approximate surface area is 259 Å². The summed E-state index contributed by atoms with van der Waals surface area (Å²) in [5, 5.41) is 13.1. The number of carbonyl (C=O) groups is 1. The molecule has 0 aliphatic carbocycles. The van der Waals surface area contributed by atoms with E-state index in [1.54, 1.807) is 6.08 Å². The van der Waals surface area contributed by atoms with Crippen molar-refractivity contribution in [2.24, 2.45) is 0 Å². The molecule has 0 aromatic rings. The van der Waals surface area contributed by atoms with Crippen molar-refractivity contribution in [3.05, 3.63) is 36.5 Å². The predicted molar refractivity (Wildman–Crippen MR) is 179 cm³/mol. The normalized spacial score (nSPS) is 13.9. The third-order valence-corrected chi connectivity index (χ3v) is 8.32. The minimum atomic E-state index is -4.34. The second kappa shape index (κ2) is 29.6. The Morgan fingerprint density at radius 2 is 1.02 bits per heavy atom. The lowest BCUT2D eigenvalue weighted by molar-refractivity contribution is -0.122. The highest BCUT2D eigenvalue weighted by Gasteiger charge is 2.24. The van der Waals surface area contributed by atoms with E-state index in [0.717, 1.165) is 38.5 Å². The summed E-state index contributed by atoms with van der Waals surface area (Å²) in [5.41, 5.74) is 0. The molecule has 0 saturated heterocycles. The van der Waals surface area contributed by atoms with Gasteiger partial charge >= 0.3 is 0 Å². The summed E-state index contributed by atoms with van der Waals surface area (Å²) in [6.07, 6.45) is 37.1. The molecule has 0 aliphatic rings. The van der Waals surface area contributed by atoms with Crippen LogP contribution in [0, 0.1) is 0 Å². The molecule has 0 heterocycles. The first-order valence-electron chi connectivity index (χ1n) is 17.2. The lowest BCUT2D eigenvalue weighted by Crippen LogP contribution is -2.46. The van der Waals surface area contributed by atoms with Crippen molar-refractivity contribution in [1.82, 2.24) is 5.32 Å². The van der Waals surface area contributed by atoms with Crippen molar-refractivity contribution in [2.45, 2.75) is 174 Å². The van der Waals surface area contributed by atoms with Gasteiger partial charge in [0, 0.05) is 6.42 Å². The van der Waals surface area contributed by atoms with Gasteiger partial charge in [-0.3, -0.25) is 9.35 Å². The van der Waals surface area contributed by atoms with E-state index in [1.165, 1.54) is 102 Å². The predicted octanol–water partition coefficient (Wildman–Crippen LogP) is 9.40. The molecule has 0 aromatic heterocycles. The van der Waals surface area contributed by atoms with Crippen LogP contribution in [0.3, 0.4) is 0 Å². The fraction of sp³-hybridized carbons (Fsp3) is 0.800. The topological polar surface area (TPSA) is 104 Å². The lowest BCUT2D eigenvalue weighted by Gasteiger charge is -2.21. The molecule has 0 radical (unpaired) electrons. The zero-order valence-corrected chi connectivity index (χ0v) is 27.9. The van der Waals surface area contributed by atoms with E-state index >= 15 is 0 Å². The first-order chi connectivity index (χ1) is 20.3. The number of nitrogens with one attached hydrogen (secondary N) is 1. The zero-order chi connectivity index (χ0) is 31.2. The number of amides is 1. The zero-order valence-electron chi connectivity index (χ0n) is 27.1. The fourth-order valence-electron chi connectivity index (χ4n) is 4.93. The van der Waals surface area contributed by atoms with E-state index in [4.69, 9.17) is 0 Å². The number of unbranched alkanes of at least 4 members (excludes halogenated alkanes) is 18. The maximum atomic E-state index is 12.4. The highest BCUT2D eigenvalue weighted by Crippen LogP contribution is 2.12. The van der Waals surface area contributed by atoms with Crippen LogP contribution in [0.4, 0.5) is 0 Å². The summed E-state index contributed by atoms with van der Waals surface area (Å²) in [7, 11) is -4.34. The highest BCUT2D eigenvalue weighted by atomic mass is 32.2. The minimum Gasteiger partial charge on any atom is -0.387 e. The van der Waals surface area contributed by atoms with Gasteiger partial charge in [0.05, 0.1) is 17.9 Å². The van der Waals surface area contributed by atoms with Crippen molar-refractivity contribution >= 4 is 16.0 Å². The van der Waals surface area contributed by atoms with Crippen molar-refractivity contribution in [1.29, 1.82) is 0 Å². The molecule has 246 valence electrons. The molecule has 0 fully saturated rings. The molecule has 3 N–H and O–H groups in total. The summed E-state index contributed by atoms with van der Waals surface area (Å²) in [5.74, 6) is -1.01. The number of rotatable bonds is 30. The standard InChI is InChI=1S/C35H65NO5S/c1-3-5-7-9-11-13-14-15-16-17-18-19-20-21-23-25-27-29-31-35(38)36-33(32-42(39,40)41)34(37)30-28-26-24-22-12-10-8-6-4-2/h12,16-17,22,28,30,33-34,37H,3-11,13-15,18-21,23-27,29,31-32H2,1-2H3,(H,36,38)(H,39,40,41)/b17-16-,22-12+,30-28+. The quantitative estimate of drug-likeness (QED) is 0.0426. The Balaban J connectivity index is 3.97. The van der Waals surface area contributed by atoms with Crippen LogP contribution < -0.4 is 5.32 Å². The van der Waals surface area contributed by atoms with E-state index in [2.05, 4.69) is 43.5 Å². The van der Waals surface area contributed by atoms with Gasteiger partial charge in [0.1, 0.15) is 0 Å². The van der Waals surface area contributed by atoms with Crippen molar-refractivity contribution < 1.29 is 22.9 Å². The van der Waals surface area contributed by atoms with Crippen LogP contribution in [-0.4, -0.2) is 41.9 Å². The molecule has 0 spiro atoms. The molecule has 2 unspecified atom stereocenters. The second-order valence-electron chi connectivity index (χ2n) is 11.8. The molecule has 6 nitrogen and oxygen atoms in total. The number of carbonyl (C=O) groups excluding carboxylic acids is 1. The van der Waals surface area contributed by atoms with Crippen molar-refractivity contribution in [3.8, 4) is 0 Å². The number of allylic oxidation sites excluding steroid dienone is 5. The van der Waals surface area contributed by atoms with Crippen LogP contribution in [-0.2, 0) is 14.9 Å². The van der Waals surface area contributed by atoms with Gasteiger partial charge in [-0.25, -0.2) is 0 Å². The summed E-state index contributed by atoms with van der Waals surface area (Å²) in [6, 6.07) is -1.07. The monoisotopic (exact) mass is 611 g/mol. The summed E-state index contributed by atoms with van der Waals surface area (Å²) >= 11 is 0. The van der Waals surface area contributed by atoms with E-state index in [9.17, 15) is 22.9 Å². The average Bonchev–Trinajstić information content (AvgIpc) is 2.94. The molecular weight excluding hydrogens is 546 g/mol. The Bertz CT molecular complexity index is 806. The van der Waals surface area contributed by atoms with E-state index < -0.39 is 28.0 Å². The Morgan fingerprint density at radius 3 is 1.55 bits per heavy atom. The van der Waals surface area contributed by atoms with Crippen LogP contribution in [0.25, 0.3) is 0 Å².